The number of rotatable bonds is 7. The second-order valence-electron chi connectivity index (χ2n) is 9.50. The van der Waals surface area contributed by atoms with Crippen LogP contribution in [0.25, 0.3) is 5.76 Å². The second kappa shape index (κ2) is 11.0. The summed E-state index contributed by atoms with van der Waals surface area (Å²) >= 11 is 0. The number of esters is 1. The maximum Gasteiger partial charge on any atom is 0.338 e. The van der Waals surface area contributed by atoms with Crippen molar-refractivity contribution in [3.05, 3.63) is 94.8 Å². The molecule has 9 heteroatoms. The quantitative estimate of drug-likeness (QED) is 0.212. The van der Waals surface area contributed by atoms with Crippen LogP contribution in [0.4, 0.5) is 5.69 Å². The zero-order chi connectivity index (χ0) is 27.5. The molecule has 1 amide bonds. The number of ether oxygens (including phenoxy) is 2. The summed E-state index contributed by atoms with van der Waals surface area (Å²) < 4.78 is 10.9. The number of aromatic nitrogens is 1. The van der Waals surface area contributed by atoms with Gasteiger partial charge in [-0.2, -0.15) is 0 Å². The Kier molecular flexibility index (Phi) is 7.31. The van der Waals surface area contributed by atoms with Crippen molar-refractivity contribution >= 4 is 29.1 Å². The van der Waals surface area contributed by atoms with Gasteiger partial charge in [0.15, 0.2) is 0 Å². The number of pyridine rings is 1. The first-order chi connectivity index (χ1) is 18.9. The fourth-order valence-electron chi connectivity index (χ4n) is 4.80. The molecule has 0 saturated carbocycles. The number of ketones is 1. The zero-order valence-corrected chi connectivity index (χ0v) is 21.8. The van der Waals surface area contributed by atoms with E-state index in [9.17, 15) is 19.5 Å². The molecule has 2 aliphatic rings. The van der Waals surface area contributed by atoms with Gasteiger partial charge in [-0.1, -0.05) is 25.1 Å². The molecule has 5 rings (SSSR count). The molecule has 1 atom stereocenters. The van der Waals surface area contributed by atoms with Gasteiger partial charge in [0.25, 0.3) is 11.7 Å². The van der Waals surface area contributed by atoms with E-state index in [1.54, 1.807) is 67.0 Å². The summed E-state index contributed by atoms with van der Waals surface area (Å²) in [6.45, 7) is 3.59. The zero-order valence-electron chi connectivity index (χ0n) is 21.8. The van der Waals surface area contributed by atoms with E-state index in [1.807, 2.05) is 18.9 Å². The number of fused-ring (bicyclic) bond motifs is 1. The topological polar surface area (TPSA) is 109 Å². The number of likely N-dealkylation sites (tertiary alicyclic amines) is 1. The molecule has 3 aromatic rings. The van der Waals surface area contributed by atoms with Crippen LogP contribution in [0.15, 0.2) is 72.6 Å². The summed E-state index contributed by atoms with van der Waals surface area (Å²) in [7, 11) is 1.93. The van der Waals surface area contributed by atoms with Crippen molar-refractivity contribution in [2.45, 2.75) is 25.9 Å². The Morgan fingerprint density at radius 3 is 2.62 bits per heavy atom. The molecular weight excluding hydrogens is 498 g/mol. The normalized spacial score (nSPS) is 18.1. The van der Waals surface area contributed by atoms with Gasteiger partial charge >= 0.3 is 5.97 Å². The third-order valence-electron chi connectivity index (χ3n) is 6.85. The molecule has 3 heterocycles. The van der Waals surface area contributed by atoms with Crippen LogP contribution in [0.3, 0.4) is 0 Å². The number of likely N-dealkylation sites (N-methyl/N-ethyl adjacent to an activating group) is 1. The summed E-state index contributed by atoms with van der Waals surface area (Å²) in [4.78, 5) is 46.5. The second-order valence-corrected chi connectivity index (χ2v) is 9.50. The standard InChI is InChI=1S/C30H29N3O6/c1-3-14-39-30(37)20-8-6-19(7-9-20)18-33-26(22-5-4-12-31-17-22)25(28(35)29(33)36)27(34)21-10-11-24-23(16-21)32(2)13-15-38-24/h4-12,16-17,26,34H,3,13-15,18H2,1-2H3/b27-25-. The number of carbonyl (C=O) groups excluding carboxylic acids is 3. The highest BCUT2D eigenvalue weighted by molar-refractivity contribution is 6.46. The molecule has 9 nitrogen and oxygen atoms in total. The number of Topliss-reactive ketones (excluding diaryl/α,β-unsaturated/α-hetero) is 1. The number of amides is 1. The summed E-state index contributed by atoms with van der Waals surface area (Å²) in [5.41, 5.74) is 2.90. The smallest absolute Gasteiger partial charge is 0.338 e. The van der Waals surface area contributed by atoms with E-state index in [0.717, 1.165) is 12.1 Å². The maximum atomic E-state index is 13.4. The average Bonchev–Trinajstić information content (AvgIpc) is 3.21. The Bertz CT molecular complexity index is 1430. The van der Waals surface area contributed by atoms with Crippen molar-refractivity contribution < 1.29 is 29.0 Å². The lowest BCUT2D eigenvalue weighted by molar-refractivity contribution is -0.140. The van der Waals surface area contributed by atoms with Gasteiger partial charge in [0.1, 0.15) is 18.1 Å². The van der Waals surface area contributed by atoms with Gasteiger partial charge in [-0.25, -0.2) is 4.79 Å². The van der Waals surface area contributed by atoms with Gasteiger partial charge in [0.2, 0.25) is 0 Å². The van der Waals surface area contributed by atoms with Crippen LogP contribution in [0.2, 0.25) is 0 Å². The fourth-order valence-corrected chi connectivity index (χ4v) is 4.80. The Hall–Kier alpha value is -4.66. The lowest BCUT2D eigenvalue weighted by atomic mass is 9.95. The predicted molar refractivity (Wildman–Crippen MR) is 144 cm³/mol. The van der Waals surface area contributed by atoms with Gasteiger partial charge in [0.05, 0.1) is 36.0 Å². The maximum absolute atomic E-state index is 13.4. The summed E-state index contributed by atoms with van der Waals surface area (Å²) in [5.74, 6) is -1.49. The van der Waals surface area contributed by atoms with Gasteiger partial charge in [-0.05, 0) is 53.9 Å². The van der Waals surface area contributed by atoms with Crippen molar-refractivity contribution in [3.8, 4) is 5.75 Å². The summed E-state index contributed by atoms with van der Waals surface area (Å²) in [5, 5.41) is 11.4. The Labute approximate surface area is 226 Å². The van der Waals surface area contributed by atoms with Crippen LogP contribution in [-0.4, -0.2) is 59.5 Å². The minimum atomic E-state index is -0.849. The van der Waals surface area contributed by atoms with Gasteiger partial charge in [-0.3, -0.25) is 14.6 Å². The molecule has 2 aromatic carbocycles. The molecule has 1 saturated heterocycles. The molecule has 1 aromatic heterocycles. The number of benzene rings is 2. The van der Waals surface area contributed by atoms with Crippen LogP contribution >= 0.6 is 0 Å². The van der Waals surface area contributed by atoms with E-state index in [0.29, 0.717) is 47.8 Å². The number of nitrogens with zero attached hydrogens (tertiary/aromatic N) is 3. The van der Waals surface area contributed by atoms with Crippen LogP contribution in [0, 0.1) is 0 Å². The lowest BCUT2D eigenvalue weighted by Gasteiger charge is -2.28. The molecule has 200 valence electrons. The number of anilines is 1. The molecule has 1 fully saturated rings. The Morgan fingerprint density at radius 1 is 1.13 bits per heavy atom. The predicted octanol–water partition coefficient (Wildman–Crippen LogP) is 4.10. The van der Waals surface area contributed by atoms with E-state index < -0.39 is 23.7 Å². The molecule has 0 aliphatic carbocycles. The highest BCUT2D eigenvalue weighted by Gasteiger charge is 2.46. The van der Waals surface area contributed by atoms with E-state index >= 15 is 0 Å². The van der Waals surface area contributed by atoms with Crippen LogP contribution in [0.5, 0.6) is 5.75 Å². The van der Waals surface area contributed by atoms with Crippen molar-refractivity contribution in [1.29, 1.82) is 0 Å². The minimum absolute atomic E-state index is 0.00732. The highest BCUT2D eigenvalue weighted by Crippen LogP contribution is 2.41. The van der Waals surface area contributed by atoms with Crippen LogP contribution in [-0.2, 0) is 20.9 Å². The van der Waals surface area contributed by atoms with Crippen LogP contribution < -0.4 is 9.64 Å². The highest BCUT2D eigenvalue weighted by atomic mass is 16.5. The third kappa shape index (κ3) is 5.07. The lowest BCUT2D eigenvalue weighted by Crippen LogP contribution is -2.29. The Morgan fingerprint density at radius 2 is 1.90 bits per heavy atom. The summed E-state index contributed by atoms with van der Waals surface area (Å²) in [6, 6.07) is 14.5. The molecule has 1 unspecified atom stereocenters. The molecule has 39 heavy (non-hydrogen) atoms. The monoisotopic (exact) mass is 527 g/mol. The first kappa shape index (κ1) is 26.0. The molecule has 1 N–H and O–H groups in total. The molecular formula is C30H29N3O6. The minimum Gasteiger partial charge on any atom is -0.507 e. The largest absolute Gasteiger partial charge is 0.507 e. The first-order valence-corrected chi connectivity index (χ1v) is 12.8. The van der Waals surface area contributed by atoms with E-state index in [-0.39, 0.29) is 17.9 Å². The number of hydrogen-bond donors (Lipinski definition) is 1. The average molecular weight is 528 g/mol. The van der Waals surface area contributed by atoms with Crippen molar-refractivity contribution in [1.82, 2.24) is 9.88 Å². The SMILES string of the molecule is CCCOC(=O)c1ccc(CN2C(=O)C(=O)/C(=C(\O)c3ccc4c(c3)N(C)CCO4)C2c2cccnc2)cc1. The fraction of sp³-hybridized carbons (Fsp3) is 0.267. The van der Waals surface area contributed by atoms with E-state index in [4.69, 9.17) is 9.47 Å². The van der Waals surface area contributed by atoms with Crippen molar-refractivity contribution in [2.24, 2.45) is 0 Å². The van der Waals surface area contributed by atoms with Crippen molar-refractivity contribution in [2.75, 3.05) is 31.7 Å². The third-order valence-corrected chi connectivity index (χ3v) is 6.85. The first-order valence-electron chi connectivity index (χ1n) is 12.8. The number of aliphatic hydroxyl groups excluding tert-OH is 1. The van der Waals surface area contributed by atoms with Crippen LogP contribution in [0.1, 0.15) is 46.4 Å². The van der Waals surface area contributed by atoms with Gasteiger partial charge in [0, 0.05) is 31.5 Å². The number of aliphatic hydroxyl groups is 1. The van der Waals surface area contributed by atoms with Gasteiger partial charge in [-0.15, -0.1) is 0 Å². The molecule has 0 bridgehead atoms. The molecule has 2 aliphatic heterocycles. The Balaban J connectivity index is 1.52. The molecule has 0 radical (unpaired) electrons. The number of hydrogen-bond acceptors (Lipinski definition) is 8. The van der Waals surface area contributed by atoms with Gasteiger partial charge < -0.3 is 24.4 Å². The molecule has 0 spiro atoms. The van der Waals surface area contributed by atoms with E-state index in [1.165, 1.54) is 4.90 Å². The number of carbonyl (C=O) groups is 3. The van der Waals surface area contributed by atoms with E-state index in [2.05, 4.69) is 4.98 Å². The summed E-state index contributed by atoms with van der Waals surface area (Å²) in [6.07, 6.45) is 3.91. The van der Waals surface area contributed by atoms with Crippen molar-refractivity contribution in [3.63, 3.8) is 0 Å².